The van der Waals surface area contributed by atoms with Gasteiger partial charge in [0.2, 0.25) is 10.0 Å². The van der Waals surface area contributed by atoms with Gasteiger partial charge in [-0.1, -0.05) is 0 Å². The van der Waals surface area contributed by atoms with Gasteiger partial charge in [0.05, 0.1) is 17.6 Å². The van der Waals surface area contributed by atoms with E-state index in [1.807, 2.05) is 0 Å². The molecule has 0 radical (unpaired) electrons. The number of esters is 1. The number of nitrogens with one attached hydrogen (secondary N) is 1. The number of hydrogen-bond acceptors (Lipinski definition) is 6. The second-order valence-corrected chi connectivity index (χ2v) is 7.82. The van der Waals surface area contributed by atoms with Crippen molar-refractivity contribution in [2.45, 2.75) is 4.90 Å². The number of hydrogen-bond donors (Lipinski definition) is 1. The van der Waals surface area contributed by atoms with Gasteiger partial charge in [-0.2, -0.15) is 0 Å². The van der Waals surface area contributed by atoms with Crippen LogP contribution in [0.5, 0.6) is 5.75 Å². The van der Waals surface area contributed by atoms with Gasteiger partial charge in [0.25, 0.3) is 5.91 Å². The van der Waals surface area contributed by atoms with E-state index in [-0.39, 0.29) is 4.90 Å². The number of methoxy groups -OCH3 is 1. The van der Waals surface area contributed by atoms with Crippen molar-refractivity contribution in [1.29, 1.82) is 0 Å². The van der Waals surface area contributed by atoms with Crippen LogP contribution in [0.1, 0.15) is 10.4 Å². The van der Waals surface area contributed by atoms with Crippen molar-refractivity contribution in [1.82, 2.24) is 4.31 Å². The molecular weight excluding hydrogens is 372 g/mol. The second kappa shape index (κ2) is 8.65. The first-order valence-electron chi connectivity index (χ1n) is 7.87. The van der Waals surface area contributed by atoms with Crippen LogP contribution in [0.25, 0.3) is 0 Å². The lowest BCUT2D eigenvalue weighted by Gasteiger charge is -2.12. The van der Waals surface area contributed by atoms with E-state index in [9.17, 15) is 18.0 Å². The molecule has 0 unspecified atom stereocenters. The summed E-state index contributed by atoms with van der Waals surface area (Å²) in [6.07, 6.45) is 0. The Morgan fingerprint density at radius 2 is 1.59 bits per heavy atom. The standard InChI is InChI=1S/C18H20N2O6S/c1-20(2)27(23,24)16-10-6-14(7-11-16)19-17(21)12-26-18(22)13-4-8-15(25-3)9-5-13/h4-11H,12H2,1-3H3,(H,19,21). The smallest absolute Gasteiger partial charge is 0.338 e. The minimum Gasteiger partial charge on any atom is -0.497 e. The molecule has 0 heterocycles. The Labute approximate surface area is 157 Å². The SMILES string of the molecule is COc1ccc(C(=O)OCC(=O)Nc2ccc(S(=O)(=O)N(C)C)cc2)cc1. The number of amides is 1. The van der Waals surface area contributed by atoms with Gasteiger partial charge in [-0.15, -0.1) is 0 Å². The van der Waals surface area contributed by atoms with Crippen LogP contribution in [0.2, 0.25) is 0 Å². The van der Waals surface area contributed by atoms with Crippen molar-refractivity contribution in [3.05, 3.63) is 54.1 Å². The van der Waals surface area contributed by atoms with E-state index >= 15 is 0 Å². The third-order valence-corrected chi connectivity index (χ3v) is 5.41. The van der Waals surface area contributed by atoms with Crippen molar-refractivity contribution >= 4 is 27.6 Å². The molecule has 9 heteroatoms. The maximum absolute atomic E-state index is 12.0. The van der Waals surface area contributed by atoms with Crippen LogP contribution in [0, 0.1) is 0 Å². The molecule has 0 aromatic heterocycles. The molecule has 0 aliphatic heterocycles. The Bertz CT molecular complexity index is 906. The molecule has 0 bridgehead atoms. The summed E-state index contributed by atoms with van der Waals surface area (Å²) in [5.74, 6) is -0.579. The summed E-state index contributed by atoms with van der Waals surface area (Å²) in [5.41, 5.74) is 0.681. The van der Waals surface area contributed by atoms with E-state index in [2.05, 4.69) is 5.32 Å². The third kappa shape index (κ3) is 5.28. The van der Waals surface area contributed by atoms with Crippen LogP contribution >= 0.6 is 0 Å². The molecule has 1 amide bonds. The summed E-state index contributed by atoms with van der Waals surface area (Å²) < 4.78 is 35.0. The summed E-state index contributed by atoms with van der Waals surface area (Å²) in [7, 11) is 0.843. The molecule has 1 N–H and O–H groups in total. The number of sulfonamides is 1. The summed E-state index contributed by atoms with van der Waals surface area (Å²) in [6, 6.07) is 12.0. The van der Waals surface area contributed by atoms with Gasteiger partial charge in [0.15, 0.2) is 6.61 Å². The fourth-order valence-electron chi connectivity index (χ4n) is 2.06. The molecule has 0 fully saturated rings. The molecule has 2 aromatic carbocycles. The molecule has 2 aromatic rings. The Morgan fingerprint density at radius 1 is 1.00 bits per heavy atom. The number of carbonyl (C=O) groups is 2. The molecular formula is C18H20N2O6S. The van der Waals surface area contributed by atoms with E-state index < -0.39 is 28.5 Å². The molecule has 144 valence electrons. The van der Waals surface area contributed by atoms with Crippen molar-refractivity contribution in [3.8, 4) is 5.75 Å². The second-order valence-electron chi connectivity index (χ2n) is 5.66. The Morgan fingerprint density at radius 3 is 2.11 bits per heavy atom. The van der Waals surface area contributed by atoms with Gasteiger partial charge in [0, 0.05) is 19.8 Å². The van der Waals surface area contributed by atoms with Crippen molar-refractivity contribution < 1.29 is 27.5 Å². The zero-order chi connectivity index (χ0) is 20.0. The summed E-state index contributed by atoms with van der Waals surface area (Å²) in [5, 5.41) is 2.53. The van der Waals surface area contributed by atoms with Gasteiger partial charge in [-0.25, -0.2) is 17.5 Å². The molecule has 0 spiro atoms. The lowest BCUT2D eigenvalue weighted by molar-refractivity contribution is -0.119. The summed E-state index contributed by atoms with van der Waals surface area (Å²) >= 11 is 0. The number of benzene rings is 2. The number of anilines is 1. The monoisotopic (exact) mass is 392 g/mol. The number of rotatable bonds is 7. The largest absolute Gasteiger partial charge is 0.497 e. The van der Waals surface area contributed by atoms with E-state index in [1.165, 1.54) is 57.6 Å². The Balaban J connectivity index is 1.90. The zero-order valence-electron chi connectivity index (χ0n) is 15.1. The predicted octanol–water partition coefficient (Wildman–Crippen LogP) is 1.74. The third-order valence-electron chi connectivity index (χ3n) is 3.58. The van der Waals surface area contributed by atoms with E-state index in [0.717, 1.165) is 4.31 Å². The van der Waals surface area contributed by atoms with Crippen LogP contribution in [0.15, 0.2) is 53.4 Å². The number of carbonyl (C=O) groups excluding carboxylic acids is 2. The molecule has 0 saturated heterocycles. The fourth-order valence-corrected chi connectivity index (χ4v) is 2.96. The first-order chi connectivity index (χ1) is 12.7. The minimum atomic E-state index is -3.54. The molecule has 0 saturated carbocycles. The van der Waals surface area contributed by atoms with Gasteiger partial charge < -0.3 is 14.8 Å². The van der Waals surface area contributed by atoms with E-state index in [1.54, 1.807) is 12.1 Å². The van der Waals surface area contributed by atoms with Gasteiger partial charge in [-0.05, 0) is 48.5 Å². The quantitative estimate of drug-likeness (QED) is 0.720. The first kappa shape index (κ1) is 20.4. The predicted molar refractivity (Wildman–Crippen MR) is 99.2 cm³/mol. The summed E-state index contributed by atoms with van der Waals surface area (Å²) in [4.78, 5) is 23.9. The molecule has 8 nitrogen and oxygen atoms in total. The summed E-state index contributed by atoms with van der Waals surface area (Å²) in [6.45, 7) is -0.470. The molecule has 2 rings (SSSR count). The van der Waals surface area contributed by atoms with Gasteiger partial charge in [0.1, 0.15) is 5.75 Å². The number of ether oxygens (including phenoxy) is 2. The maximum atomic E-state index is 12.0. The number of nitrogens with zero attached hydrogens (tertiary/aromatic N) is 1. The molecule has 0 aliphatic carbocycles. The van der Waals surface area contributed by atoms with Crippen molar-refractivity contribution in [3.63, 3.8) is 0 Å². The van der Waals surface area contributed by atoms with Crippen LogP contribution in [-0.4, -0.2) is 52.4 Å². The van der Waals surface area contributed by atoms with E-state index in [4.69, 9.17) is 9.47 Å². The zero-order valence-corrected chi connectivity index (χ0v) is 15.9. The van der Waals surface area contributed by atoms with Crippen LogP contribution in [0.3, 0.4) is 0 Å². The molecule has 0 aliphatic rings. The molecule has 27 heavy (non-hydrogen) atoms. The highest BCUT2D eigenvalue weighted by molar-refractivity contribution is 7.89. The lowest BCUT2D eigenvalue weighted by atomic mass is 10.2. The van der Waals surface area contributed by atoms with E-state index in [0.29, 0.717) is 17.0 Å². The molecule has 0 atom stereocenters. The lowest BCUT2D eigenvalue weighted by Crippen LogP contribution is -2.22. The topological polar surface area (TPSA) is 102 Å². The average molecular weight is 392 g/mol. The normalized spacial score (nSPS) is 11.1. The Hall–Kier alpha value is -2.91. The van der Waals surface area contributed by atoms with Crippen molar-refractivity contribution in [2.24, 2.45) is 0 Å². The maximum Gasteiger partial charge on any atom is 0.338 e. The minimum absolute atomic E-state index is 0.108. The van der Waals surface area contributed by atoms with Crippen LogP contribution < -0.4 is 10.1 Å². The fraction of sp³-hybridized carbons (Fsp3) is 0.222. The van der Waals surface area contributed by atoms with Crippen LogP contribution in [-0.2, 0) is 19.6 Å². The highest BCUT2D eigenvalue weighted by Gasteiger charge is 2.17. The highest BCUT2D eigenvalue weighted by atomic mass is 32.2. The van der Waals surface area contributed by atoms with Gasteiger partial charge in [-0.3, -0.25) is 4.79 Å². The highest BCUT2D eigenvalue weighted by Crippen LogP contribution is 2.16. The first-order valence-corrected chi connectivity index (χ1v) is 9.31. The van der Waals surface area contributed by atoms with Crippen LogP contribution in [0.4, 0.5) is 5.69 Å². The Kier molecular flexibility index (Phi) is 6.54. The van der Waals surface area contributed by atoms with Gasteiger partial charge >= 0.3 is 5.97 Å². The van der Waals surface area contributed by atoms with Crippen molar-refractivity contribution in [2.75, 3.05) is 33.1 Å². The average Bonchev–Trinajstić information content (AvgIpc) is 2.66.